The maximum absolute atomic E-state index is 10.6. The van der Waals surface area contributed by atoms with E-state index < -0.39 is 12.1 Å². The summed E-state index contributed by atoms with van der Waals surface area (Å²) in [7, 11) is 0. The summed E-state index contributed by atoms with van der Waals surface area (Å²) in [6.45, 7) is 2.17. The summed E-state index contributed by atoms with van der Waals surface area (Å²) >= 11 is 5.85. The Kier molecular flexibility index (Phi) is 6.71. The molecule has 1 heterocycles. The zero-order valence-corrected chi connectivity index (χ0v) is 11.8. The lowest BCUT2D eigenvalue weighted by atomic mass is 10.0. The average Bonchev–Trinajstić information content (AvgIpc) is 2.68. The van der Waals surface area contributed by atoms with Gasteiger partial charge in [0.15, 0.2) is 0 Å². The first kappa shape index (κ1) is 17.5. The van der Waals surface area contributed by atoms with Crippen molar-refractivity contribution in [2.45, 2.75) is 19.0 Å². The highest BCUT2D eigenvalue weighted by Gasteiger charge is 2.38. The lowest BCUT2D eigenvalue weighted by Gasteiger charge is -2.05. The molecule has 0 saturated heterocycles. The van der Waals surface area contributed by atoms with Crippen LogP contribution in [0.1, 0.15) is 18.4 Å². The van der Waals surface area contributed by atoms with Gasteiger partial charge in [-0.05, 0) is 49.2 Å². The number of alkyl halides is 3. The smallest absolute Gasteiger partial charge is 0.475 e. The fraction of sp³-hybridized carbons (Fsp3) is 0.357. The maximum Gasteiger partial charge on any atom is 0.490 e. The van der Waals surface area contributed by atoms with Gasteiger partial charge in [0.05, 0.1) is 0 Å². The van der Waals surface area contributed by atoms with Gasteiger partial charge in [0.25, 0.3) is 0 Å². The topological polar surface area (TPSA) is 49.3 Å². The molecule has 1 aliphatic rings. The second kappa shape index (κ2) is 8.05. The number of carboxylic acid groups (broad SMARTS) is 1. The summed E-state index contributed by atoms with van der Waals surface area (Å²) in [5.74, 6) is -2.76. The first-order valence-electron chi connectivity index (χ1n) is 6.26. The highest BCUT2D eigenvalue weighted by atomic mass is 35.5. The zero-order chi connectivity index (χ0) is 15.9. The third kappa shape index (κ3) is 6.64. The van der Waals surface area contributed by atoms with Gasteiger partial charge in [0, 0.05) is 5.02 Å². The lowest BCUT2D eigenvalue weighted by Crippen LogP contribution is -2.21. The Hall–Kier alpha value is -1.53. The van der Waals surface area contributed by atoms with Crippen LogP contribution >= 0.6 is 11.6 Å². The number of benzene rings is 1. The van der Waals surface area contributed by atoms with Gasteiger partial charge in [-0.2, -0.15) is 13.2 Å². The number of carboxylic acids is 1. The first-order chi connectivity index (χ1) is 9.80. The molecule has 0 fully saturated rings. The molecule has 0 aromatic heterocycles. The Balaban J connectivity index is 0.000000270. The van der Waals surface area contributed by atoms with Gasteiger partial charge < -0.3 is 10.4 Å². The Labute approximate surface area is 125 Å². The predicted octanol–water partition coefficient (Wildman–Crippen LogP) is 3.74. The molecule has 1 aliphatic heterocycles. The highest BCUT2D eigenvalue weighted by molar-refractivity contribution is 6.30. The van der Waals surface area contributed by atoms with Crippen LogP contribution in [0.2, 0.25) is 5.02 Å². The van der Waals surface area contributed by atoms with Crippen LogP contribution in [0.15, 0.2) is 30.3 Å². The quantitative estimate of drug-likeness (QED) is 0.828. The van der Waals surface area contributed by atoms with E-state index in [4.69, 9.17) is 21.5 Å². The maximum atomic E-state index is 10.6. The van der Waals surface area contributed by atoms with Gasteiger partial charge in [-0.1, -0.05) is 29.8 Å². The number of carbonyl (C=O) groups is 1. The third-order valence-corrected chi connectivity index (χ3v) is 2.99. The monoisotopic (exact) mass is 321 g/mol. The average molecular weight is 322 g/mol. The molecule has 0 spiro atoms. The molecule has 0 radical (unpaired) electrons. The Morgan fingerprint density at radius 3 is 2.29 bits per heavy atom. The van der Waals surface area contributed by atoms with E-state index in [0.29, 0.717) is 0 Å². The van der Waals surface area contributed by atoms with Crippen LogP contribution in [0.25, 0.3) is 5.57 Å². The molecule has 1 aromatic rings. The number of halogens is 4. The summed E-state index contributed by atoms with van der Waals surface area (Å²) < 4.78 is 31.7. The number of nitrogens with one attached hydrogen (secondary N) is 1. The molecule has 2 N–H and O–H groups in total. The van der Waals surface area contributed by atoms with E-state index in [1.54, 1.807) is 0 Å². The van der Waals surface area contributed by atoms with E-state index in [0.717, 1.165) is 31.0 Å². The van der Waals surface area contributed by atoms with Gasteiger partial charge in [0.2, 0.25) is 0 Å². The molecule has 0 atom stereocenters. The minimum Gasteiger partial charge on any atom is -0.475 e. The van der Waals surface area contributed by atoms with E-state index >= 15 is 0 Å². The largest absolute Gasteiger partial charge is 0.490 e. The second-order valence-electron chi connectivity index (χ2n) is 4.33. The fourth-order valence-electron chi connectivity index (χ4n) is 1.72. The molecule has 2 rings (SSSR count). The summed E-state index contributed by atoms with van der Waals surface area (Å²) in [4.78, 5) is 8.90. The van der Waals surface area contributed by atoms with E-state index in [2.05, 4.69) is 23.5 Å². The van der Waals surface area contributed by atoms with E-state index in [1.807, 2.05) is 12.1 Å². The van der Waals surface area contributed by atoms with E-state index in [9.17, 15) is 13.2 Å². The Morgan fingerprint density at radius 2 is 1.76 bits per heavy atom. The van der Waals surface area contributed by atoms with Crippen molar-refractivity contribution in [3.8, 4) is 0 Å². The normalized spacial score (nSPS) is 15.3. The Morgan fingerprint density at radius 1 is 1.19 bits per heavy atom. The first-order valence-corrected chi connectivity index (χ1v) is 6.64. The molecule has 1 aromatic carbocycles. The zero-order valence-electron chi connectivity index (χ0n) is 11.1. The standard InChI is InChI=1S/C12H14ClN.C2HF3O2/c13-12-5-3-11(4-6-12)10-2-1-8-14-9-7-10;3-2(4,5)1(6)7/h2-6,14H,1,7-9H2;(H,6,7). The molecule has 3 nitrogen and oxygen atoms in total. The lowest BCUT2D eigenvalue weighted by molar-refractivity contribution is -0.192. The van der Waals surface area contributed by atoms with Crippen LogP contribution in [0.4, 0.5) is 13.2 Å². The SMILES string of the molecule is Clc1ccc(C2=CCCNCC2)cc1.O=C(O)C(F)(F)F. The molecular weight excluding hydrogens is 307 g/mol. The van der Waals surface area contributed by atoms with E-state index in [-0.39, 0.29) is 0 Å². The van der Waals surface area contributed by atoms with Crippen molar-refractivity contribution in [3.63, 3.8) is 0 Å². The molecule has 21 heavy (non-hydrogen) atoms. The number of hydrogen-bond acceptors (Lipinski definition) is 2. The molecule has 0 unspecified atom stereocenters. The minimum absolute atomic E-state index is 0.807. The van der Waals surface area contributed by atoms with Crippen molar-refractivity contribution in [3.05, 3.63) is 40.9 Å². The summed E-state index contributed by atoms with van der Waals surface area (Å²) in [5, 5.41) is 11.3. The van der Waals surface area contributed by atoms with Gasteiger partial charge in [-0.15, -0.1) is 0 Å². The van der Waals surface area contributed by atoms with Crippen LogP contribution in [-0.2, 0) is 4.79 Å². The molecule has 116 valence electrons. The van der Waals surface area contributed by atoms with Crippen molar-refractivity contribution in [1.29, 1.82) is 0 Å². The van der Waals surface area contributed by atoms with Gasteiger partial charge in [-0.25, -0.2) is 4.79 Å². The van der Waals surface area contributed by atoms with Crippen molar-refractivity contribution in [1.82, 2.24) is 5.32 Å². The van der Waals surface area contributed by atoms with Gasteiger partial charge >= 0.3 is 12.1 Å². The molecule has 0 amide bonds. The molecule has 0 aliphatic carbocycles. The molecule has 0 bridgehead atoms. The Bertz CT molecular complexity index is 498. The van der Waals surface area contributed by atoms with Crippen molar-refractivity contribution >= 4 is 23.1 Å². The van der Waals surface area contributed by atoms with Crippen molar-refractivity contribution in [2.75, 3.05) is 13.1 Å². The fourth-order valence-corrected chi connectivity index (χ4v) is 1.85. The van der Waals surface area contributed by atoms with Crippen LogP contribution in [-0.4, -0.2) is 30.3 Å². The van der Waals surface area contributed by atoms with E-state index in [1.165, 1.54) is 11.1 Å². The molecule has 7 heteroatoms. The van der Waals surface area contributed by atoms with Gasteiger partial charge in [0.1, 0.15) is 0 Å². The van der Waals surface area contributed by atoms with Crippen LogP contribution in [0.3, 0.4) is 0 Å². The summed E-state index contributed by atoms with van der Waals surface area (Å²) in [5.41, 5.74) is 2.74. The van der Waals surface area contributed by atoms with Crippen molar-refractivity contribution < 1.29 is 23.1 Å². The summed E-state index contributed by atoms with van der Waals surface area (Å²) in [6, 6.07) is 8.10. The number of aliphatic carboxylic acids is 1. The van der Waals surface area contributed by atoms with Gasteiger partial charge in [-0.3, -0.25) is 0 Å². The summed E-state index contributed by atoms with van der Waals surface area (Å²) in [6.07, 6.45) is -0.525. The molecular formula is C14H15ClF3NO2. The number of hydrogen-bond donors (Lipinski definition) is 2. The number of rotatable bonds is 1. The molecule has 0 saturated carbocycles. The highest BCUT2D eigenvalue weighted by Crippen LogP contribution is 2.21. The van der Waals surface area contributed by atoms with Crippen LogP contribution < -0.4 is 5.32 Å². The minimum atomic E-state index is -5.08. The van der Waals surface area contributed by atoms with Crippen molar-refractivity contribution in [2.24, 2.45) is 0 Å². The predicted molar refractivity (Wildman–Crippen MR) is 75.2 cm³/mol. The van der Waals surface area contributed by atoms with Crippen LogP contribution in [0, 0.1) is 0 Å². The van der Waals surface area contributed by atoms with Crippen LogP contribution in [0.5, 0.6) is 0 Å². The second-order valence-corrected chi connectivity index (χ2v) is 4.76. The third-order valence-electron chi connectivity index (χ3n) is 2.74.